The molecule has 0 bridgehead atoms. The molecule has 0 heterocycles. The normalized spacial score (nSPS) is 10.5. The summed E-state index contributed by atoms with van der Waals surface area (Å²) in [5.74, 6) is -0.125. The molecule has 0 aliphatic heterocycles. The highest BCUT2D eigenvalue weighted by Crippen LogP contribution is 2.20. The molecule has 0 atom stereocenters. The Balaban J connectivity index is 1.91. The molecule has 0 aliphatic carbocycles. The summed E-state index contributed by atoms with van der Waals surface area (Å²) in [4.78, 5) is 26.8. The second-order valence-electron chi connectivity index (χ2n) is 6.59. The first-order chi connectivity index (χ1) is 13.5. The van der Waals surface area contributed by atoms with E-state index >= 15 is 0 Å². The summed E-state index contributed by atoms with van der Waals surface area (Å²) in [6.07, 6.45) is 0. The van der Waals surface area contributed by atoms with Gasteiger partial charge in [0, 0.05) is 24.0 Å². The molecule has 0 spiro atoms. The molecular formula is C22H29N3O3. The Morgan fingerprint density at radius 3 is 2.32 bits per heavy atom. The quantitative estimate of drug-likeness (QED) is 0.693. The lowest BCUT2D eigenvalue weighted by Gasteiger charge is -2.27. The number of rotatable bonds is 9. The van der Waals surface area contributed by atoms with Crippen LogP contribution in [-0.2, 0) is 4.79 Å². The molecule has 0 unspecified atom stereocenters. The Morgan fingerprint density at radius 2 is 1.71 bits per heavy atom. The van der Waals surface area contributed by atoms with Gasteiger partial charge in [-0.3, -0.25) is 9.59 Å². The topological polar surface area (TPSA) is 70.7 Å². The van der Waals surface area contributed by atoms with Gasteiger partial charge in [-0.2, -0.15) is 0 Å². The molecule has 2 rings (SSSR count). The van der Waals surface area contributed by atoms with Gasteiger partial charge in [-0.05, 0) is 64.1 Å². The van der Waals surface area contributed by atoms with Gasteiger partial charge in [0.2, 0.25) is 5.91 Å². The molecule has 0 saturated heterocycles. The fraction of sp³-hybridized carbons (Fsp3) is 0.364. The van der Waals surface area contributed by atoms with Crippen LogP contribution in [0.2, 0.25) is 0 Å². The second-order valence-corrected chi connectivity index (χ2v) is 6.59. The monoisotopic (exact) mass is 383 g/mol. The van der Waals surface area contributed by atoms with Crippen LogP contribution < -0.4 is 20.3 Å². The smallest absolute Gasteiger partial charge is 0.255 e. The lowest BCUT2D eigenvalue weighted by Crippen LogP contribution is -2.33. The summed E-state index contributed by atoms with van der Waals surface area (Å²) < 4.78 is 5.45. The van der Waals surface area contributed by atoms with E-state index in [4.69, 9.17) is 4.74 Å². The van der Waals surface area contributed by atoms with Gasteiger partial charge in [0.15, 0.2) is 0 Å². The van der Waals surface area contributed by atoms with Gasteiger partial charge in [-0.25, -0.2) is 0 Å². The van der Waals surface area contributed by atoms with Crippen molar-refractivity contribution in [3.05, 3.63) is 54.1 Å². The number of benzene rings is 2. The molecule has 6 nitrogen and oxygen atoms in total. The van der Waals surface area contributed by atoms with Crippen molar-refractivity contribution >= 4 is 23.2 Å². The average Bonchev–Trinajstić information content (AvgIpc) is 2.68. The van der Waals surface area contributed by atoms with Crippen LogP contribution in [0.5, 0.6) is 5.75 Å². The molecule has 2 aromatic rings. The largest absolute Gasteiger partial charge is 0.493 e. The van der Waals surface area contributed by atoms with E-state index in [-0.39, 0.29) is 18.4 Å². The van der Waals surface area contributed by atoms with Crippen molar-refractivity contribution in [3.63, 3.8) is 0 Å². The molecule has 0 saturated carbocycles. The fourth-order valence-corrected chi connectivity index (χ4v) is 2.98. The van der Waals surface area contributed by atoms with Crippen molar-refractivity contribution in [2.24, 2.45) is 0 Å². The zero-order valence-corrected chi connectivity index (χ0v) is 17.0. The number of para-hydroxylation sites is 1. The van der Waals surface area contributed by atoms with Crippen molar-refractivity contribution in [2.75, 3.05) is 29.9 Å². The standard InChI is InChI=1S/C22H29N3O3/c1-5-25(16(3)4)18-13-11-17(12-14-18)24-21(26)15-23-22(27)19-9-7-8-10-20(19)28-6-2/h7-14,16H,5-6,15H2,1-4H3,(H,23,27)(H,24,26). The summed E-state index contributed by atoms with van der Waals surface area (Å²) in [5.41, 5.74) is 2.21. The zero-order chi connectivity index (χ0) is 20.5. The van der Waals surface area contributed by atoms with Crippen molar-refractivity contribution in [1.82, 2.24) is 5.32 Å². The number of hydrogen-bond donors (Lipinski definition) is 2. The van der Waals surface area contributed by atoms with Gasteiger partial charge in [0.25, 0.3) is 5.91 Å². The molecular weight excluding hydrogens is 354 g/mol. The lowest BCUT2D eigenvalue weighted by atomic mass is 10.2. The van der Waals surface area contributed by atoms with E-state index in [1.165, 1.54) is 0 Å². The lowest BCUT2D eigenvalue weighted by molar-refractivity contribution is -0.115. The zero-order valence-electron chi connectivity index (χ0n) is 17.0. The van der Waals surface area contributed by atoms with E-state index in [0.29, 0.717) is 29.6 Å². The Kier molecular flexibility index (Phi) is 7.87. The first-order valence-electron chi connectivity index (χ1n) is 9.62. The van der Waals surface area contributed by atoms with Gasteiger partial charge >= 0.3 is 0 Å². The van der Waals surface area contributed by atoms with E-state index < -0.39 is 0 Å². The maximum Gasteiger partial charge on any atom is 0.255 e. The Hall–Kier alpha value is -3.02. The number of nitrogens with zero attached hydrogens (tertiary/aromatic N) is 1. The highest BCUT2D eigenvalue weighted by molar-refractivity contribution is 6.00. The number of hydrogen-bond acceptors (Lipinski definition) is 4. The number of anilines is 2. The number of ether oxygens (including phenoxy) is 1. The third kappa shape index (κ3) is 5.74. The van der Waals surface area contributed by atoms with Gasteiger partial charge in [0.1, 0.15) is 5.75 Å². The van der Waals surface area contributed by atoms with Crippen LogP contribution in [0, 0.1) is 0 Å². The third-order valence-electron chi connectivity index (χ3n) is 4.29. The SMILES string of the molecule is CCOc1ccccc1C(=O)NCC(=O)Nc1ccc(N(CC)C(C)C)cc1. The first-order valence-corrected chi connectivity index (χ1v) is 9.62. The van der Waals surface area contributed by atoms with Crippen molar-refractivity contribution in [1.29, 1.82) is 0 Å². The molecule has 2 amide bonds. The third-order valence-corrected chi connectivity index (χ3v) is 4.29. The molecule has 6 heteroatoms. The number of carbonyl (C=O) groups excluding carboxylic acids is 2. The molecule has 0 aliphatic rings. The summed E-state index contributed by atoms with van der Waals surface area (Å²) in [7, 11) is 0. The highest BCUT2D eigenvalue weighted by Gasteiger charge is 2.13. The molecule has 2 aromatic carbocycles. The first kappa shape index (κ1) is 21.3. The minimum Gasteiger partial charge on any atom is -0.493 e. The molecule has 2 N–H and O–H groups in total. The van der Waals surface area contributed by atoms with E-state index in [2.05, 4.69) is 36.3 Å². The minimum absolute atomic E-state index is 0.117. The molecule has 0 fully saturated rings. The van der Waals surface area contributed by atoms with Crippen LogP contribution in [-0.4, -0.2) is 37.6 Å². The van der Waals surface area contributed by atoms with Crippen LogP contribution >= 0.6 is 0 Å². The maximum atomic E-state index is 12.3. The maximum absolute atomic E-state index is 12.3. The van der Waals surface area contributed by atoms with Gasteiger partial charge in [0.05, 0.1) is 18.7 Å². The molecule has 0 aromatic heterocycles. The molecule has 0 radical (unpaired) electrons. The fourth-order valence-electron chi connectivity index (χ4n) is 2.98. The van der Waals surface area contributed by atoms with Gasteiger partial charge in [-0.15, -0.1) is 0 Å². The van der Waals surface area contributed by atoms with Crippen molar-refractivity contribution in [3.8, 4) is 5.75 Å². The van der Waals surface area contributed by atoms with Crippen molar-refractivity contribution < 1.29 is 14.3 Å². The van der Waals surface area contributed by atoms with Gasteiger partial charge in [-0.1, -0.05) is 12.1 Å². The Labute approximate surface area is 166 Å². The van der Waals surface area contributed by atoms with E-state index in [9.17, 15) is 9.59 Å². The summed E-state index contributed by atoms with van der Waals surface area (Å²) in [5, 5.41) is 5.43. The number of carbonyl (C=O) groups is 2. The second kappa shape index (κ2) is 10.3. The summed E-state index contributed by atoms with van der Waals surface area (Å²) in [6.45, 7) is 9.52. The Bertz CT molecular complexity index is 788. The predicted octanol–water partition coefficient (Wildman–Crippen LogP) is 3.69. The van der Waals surface area contributed by atoms with Crippen LogP contribution in [0.15, 0.2) is 48.5 Å². The van der Waals surface area contributed by atoms with Crippen LogP contribution in [0.3, 0.4) is 0 Å². The van der Waals surface area contributed by atoms with Gasteiger partial charge < -0.3 is 20.3 Å². The van der Waals surface area contributed by atoms with E-state index in [1.54, 1.807) is 24.3 Å². The number of nitrogens with one attached hydrogen (secondary N) is 2. The summed E-state index contributed by atoms with van der Waals surface area (Å²) in [6, 6.07) is 15.1. The average molecular weight is 383 g/mol. The van der Waals surface area contributed by atoms with E-state index in [1.807, 2.05) is 31.2 Å². The van der Waals surface area contributed by atoms with Crippen LogP contribution in [0.4, 0.5) is 11.4 Å². The molecule has 150 valence electrons. The van der Waals surface area contributed by atoms with Crippen molar-refractivity contribution in [2.45, 2.75) is 33.7 Å². The Morgan fingerprint density at radius 1 is 1.04 bits per heavy atom. The minimum atomic E-state index is -0.343. The summed E-state index contributed by atoms with van der Waals surface area (Å²) >= 11 is 0. The highest BCUT2D eigenvalue weighted by atomic mass is 16.5. The molecule has 28 heavy (non-hydrogen) atoms. The van der Waals surface area contributed by atoms with Crippen LogP contribution in [0.1, 0.15) is 38.1 Å². The van der Waals surface area contributed by atoms with E-state index in [0.717, 1.165) is 12.2 Å². The number of amides is 2. The predicted molar refractivity (Wildman–Crippen MR) is 113 cm³/mol. The van der Waals surface area contributed by atoms with Crippen LogP contribution in [0.25, 0.3) is 0 Å².